The van der Waals surface area contributed by atoms with Gasteiger partial charge in [0.05, 0.1) is 17.1 Å². The monoisotopic (exact) mass is 387 g/mol. The largest absolute Gasteiger partial charge is 0.450 e. The zero-order chi connectivity index (χ0) is 19.7. The van der Waals surface area contributed by atoms with Crippen molar-refractivity contribution in [1.82, 2.24) is 15.4 Å². The van der Waals surface area contributed by atoms with Gasteiger partial charge in [-0.2, -0.15) is 0 Å². The Morgan fingerprint density at radius 2 is 2.18 bits per heavy atom. The first kappa shape index (κ1) is 17.2. The fourth-order valence-corrected chi connectivity index (χ4v) is 4.33. The number of carbonyl (C=O) groups excluding carboxylic acids is 2. The van der Waals surface area contributed by atoms with Gasteiger partial charge in [-0.05, 0) is 19.4 Å². The average Bonchev–Trinajstić information content (AvgIpc) is 3.07. The lowest BCUT2D eigenvalue weighted by Gasteiger charge is -2.49. The summed E-state index contributed by atoms with van der Waals surface area (Å²) in [6, 6.07) is -0.588. The molecule has 5 rings (SSSR count). The maximum atomic E-state index is 15.3. The molecule has 146 valence electrons. The quantitative estimate of drug-likeness (QED) is 0.545. The number of carbonyl (C=O) groups is 2. The fraction of sp³-hybridized carbons (Fsp3) is 0.368. The minimum atomic E-state index is -0.773. The first-order valence-corrected chi connectivity index (χ1v) is 9.10. The summed E-state index contributed by atoms with van der Waals surface area (Å²) in [5.74, 6) is -2.73. The summed E-state index contributed by atoms with van der Waals surface area (Å²) in [5, 5.41) is 10.9. The molecule has 1 saturated heterocycles. The fourth-order valence-electron chi connectivity index (χ4n) is 4.33. The Kier molecular flexibility index (Phi) is 3.56. The van der Waals surface area contributed by atoms with Crippen LogP contribution in [0.1, 0.15) is 19.8 Å². The normalized spacial score (nSPS) is 30.9. The number of nitrogens with zero attached hydrogens (tertiary/aromatic N) is 2. The molecule has 0 saturated carbocycles. The SMILES string of the molecule is C=C1NOC2C1=CC1C=C(N(O)CC)C(F)=C3OC4=C(CCC(=O)C4=O)N2C31. The number of nitrogens with one attached hydrogen (secondary N) is 1. The van der Waals surface area contributed by atoms with Gasteiger partial charge < -0.3 is 9.64 Å². The molecule has 2 N–H and O–H groups in total. The molecule has 9 heteroatoms. The molecule has 0 aromatic carbocycles. The van der Waals surface area contributed by atoms with Gasteiger partial charge in [0.1, 0.15) is 6.04 Å². The van der Waals surface area contributed by atoms with Crippen molar-refractivity contribution < 1.29 is 28.8 Å². The van der Waals surface area contributed by atoms with E-state index in [2.05, 4.69) is 12.1 Å². The molecule has 3 aliphatic heterocycles. The Hall–Kier alpha value is -2.91. The second kappa shape index (κ2) is 5.79. The highest BCUT2D eigenvalue weighted by molar-refractivity contribution is 6.43. The van der Waals surface area contributed by atoms with Crippen LogP contribution in [-0.2, 0) is 19.2 Å². The molecule has 0 aromatic rings. The lowest BCUT2D eigenvalue weighted by molar-refractivity contribution is -0.139. The number of likely N-dealkylation sites (N-methyl/N-ethyl adjacent to an activating group) is 1. The number of Topliss-reactive ketones (excluding diaryl/α,β-unsaturated/α-hetero) is 2. The zero-order valence-electron chi connectivity index (χ0n) is 15.1. The van der Waals surface area contributed by atoms with E-state index in [1.807, 2.05) is 6.08 Å². The van der Waals surface area contributed by atoms with Crippen molar-refractivity contribution in [2.45, 2.75) is 32.0 Å². The zero-order valence-corrected chi connectivity index (χ0v) is 15.1. The van der Waals surface area contributed by atoms with E-state index >= 15 is 4.39 Å². The van der Waals surface area contributed by atoms with Crippen molar-refractivity contribution in [3.8, 4) is 0 Å². The summed E-state index contributed by atoms with van der Waals surface area (Å²) < 4.78 is 21.0. The number of hydrogen-bond acceptors (Lipinski definition) is 8. The summed E-state index contributed by atoms with van der Waals surface area (Å²) in [4.78, 5) is 31.8. The van der Waals surface area contributed by atoms with Gasteiger partial charge >= 0.3 is 0 Å². The van der Waals surface area contributed by atoms with Crippen molar-refractivity contribution >= 4 is 11.6 Å². The molecule has 0 amide bonds. The van der Waals surface area contributed by atoms with E-state index in [0.717, 1.165) is 10.6 Å². The number of ether oxygens (including phenoxy) is 1. The van der Waals surface area contributed by atoms with Gasteiger partial charge in [0.15, 0.2) is 23.6 Å². The van der Waals surface area contributed by atoms with Crippen molar-refractivity contribution in [3.63, 3.8) is 0 Å². The molecule has 0 radical (unpaired) electrons. The summed E-state index contributed by atoms with van der Waals surface area (Å²) in [7, 11) is 0. The summed E-state index contributed by atoms with van der Waals surface area (Å²) in [5.41, 5.74) is 4.55. The molecule has 0 aromatic heterocycles. The third-order valence-corrected chi connectivity index (χ3v) is 5.67. The molecule has 8 nitrogen and oxygen atoms in total. The maximum Gasteiger partial charge on any atom is 0.265 e. The third kappa shape index (κ3) is 2.11. The van der Waals surface area contributed by atoms with Crippen LogP contribution in [0.25, 0.3) is 0 Å². The van der Waals surface area contributed by atoms with Gasteiger partial charge in [0, 0.05) is 24.5 Å². The van der Waals surface area contributed by atoms with Crippen LogP contribution in [0.2, 0.25) is 0 Å². The number of hydrogen-bond donors (Lipinski definition) is 2. The molecule has 2 aliphatic carbocycles. The Bertz CT molecular complexity index is 963. The lowest BCUT2D eigenvalue weighted by atomic mass is 9.81. The van der Waals surface area contributed by atoms with Crippen LogP contribution in [0.5, 0.6) is 0 Å². The smallest absolute Gasteiger partial charge is 0.265 e. The Morgan fingerprint density at radius 1 is 1.39 bits per heavy atom. The first-order chi connectivity index (χ1) is 13.4. The molecule has 3 unspecified atom stereocenters. The summed E-state index contributed by atoms with van der Waals surface area (Å²) >= 11 is 0. The Labute approximate surface area is 159 Å². The van der Waals surface area contributed by atoms with E-state index < -0.39 is 29.7 Å². The molecule has 5 aliphatic rings. The number of fused-ring (bicyclic) bond motifs is 3. The summed E-state index contributed by atoms with van der Waals surface area (Å²) in [6.07, 6.45) is 3.28. The van der Waals surface area contributed by atoms with Gasteiger partial charge in [0.2, 0.25) is 5.78 Å². The molecular formula is C19H18FN3O5. The molecular weight excluding hydrogens is 369 g/mol. The van der Waals surface area contributed by atoms with Crippen LogP contribution >= 0.6 is 0 Å². The third-order valence-electron chi connectivity index (χ3n) is 5.67. The van der Waals surface area contributed by atoms with Gasteiger partial charge in [-0.3, -0.25) is 25.3 Å². The number of hydroxylamine groups is 3. The standard InChI is InChI=1S/C19H18FN3O5/c1-3-22(26)12-7-9-6-10-8(2)21-28-19(10)23-11-4-5-13(24)16(25)17(11)27-18(14(12)20)15(9)23/h6-7,9,15,19,21,26H,2-5H2,1H3. The van der Waals surface area contributed by atoms with E-state index in [9.17, 15) is 14.8 Å². The van der Waals surface area contributed by atoms with Crippen LogP contribution in [0.3, 0.4) is 0 Å². The van der Waals surface area contributed by atoms with Gasteiger partial charge in [-0.25, -0.2) is 9.23 Å². The van der Waals surface area contributed by atoms with Gasteiger partial charge in [-0.1, -0.05) is 12.7 Å². The first-order valence-electron chi connectivity index (χ1n) is 9.10. The highest BCUT2D eigenvalue weighted by Gasteiger charge is 2.53. The minimum Gasteiger partial charge on any atom is -0.450 e. The van der Waals surface area contributed by atoms with Crippen molar-refractivity contribution in [3.05, 3.63) is 58.7 Å². The van der Waals surface area contributed by atoms with Gasteiger partial charge in [0.25, 0.3) is 5.78 Å². The minimum absolute atomic E-state index is 0.0369. The molecule has 3 atom stereocenters. The van der Waals surface area contributed by atoms with E-state index in [1.165, 1.54) is 0 Å². The summed E-state index contributed by atoms with van der Waals surface area (Å²) in [6.45, 7) is 5.77. The Balaban J connectivity index is 1.74. The molecule has 28 heavy (non-hydrogen) atoms. The molecule has 0 bridgehead atoms. The Morgan fingerprint density at radius 3 is 2.93 bits per heavy atom. The van der Waals surface area contributed by atoms with Crippen LogP contribution in [0, 0.1) is 5.92 Å². The van der Waals surface area contributed by atoms with Gasteiger partial charge in [-0.15, -0.1) is 0 Å². The predicted octanol–water partition coefficient (Wildman–Crippen LogP) is 1.55. The number of halogens is 1. The van der Waals surface area contributed by atoms with Crippen LogP contribution < -0.4 is 5.48 Å². The van der Waals surface area contributed by atoms with E-state index in [1.54, 1.807) is 17.9 Å². The van der Waals surface area contributed by atoms with E-state index in [-0.39, 0.29) is 36.1 Å². The van der Waals surface area contributed by atoms with Crippen LogP contribution in [0.15, 0.2) is 58.7 Å². The average molecular weight is 387 g/mol. The predicted molar refractivity (Wildman–Crippen MR) is 92.1 cm³/mol. The van der Waals surface area contributed by atoms with E-state index in [0.29, 0.717) is 17.8 Å². The van der Waals surface area contributed by atoms with Crippen molar-refractivity contribution in [2.24, 2.45) is 5.92 Å². The van der Waals surface area contributed by atoms with Crippen LogP contribution in [0.4, 0.5) is 4.39 Å². The van der Waals surface area contributed by atoms with Crippen molar-refractivity contribution in [1.29, 1.82) is 0 Å². The van der Waals surface area contributed by atoms with Crippen LogP contribution in [-0.4, -0.2) is 45.6 Å². The maximum absolute atomic E-state index is 15.3. The highest BCUT2D eigenvalue weighted by atomic mass is 19.1. The molecule has 0 spiro atoms. The lowest BCUT2D eigenvalue weighted by Crippen LogP contribution is -2.55. The number of ketones is 2. The highest BCUT2D eigenvalue weighted by Crippen LogP contribution is 2.49. The number of allylic oxidation sites excluding steroid dienone is 3. The van der Waals surface area contributed by atoms with E-state index in [4.69, 9.17) is 9.57 Å². The number of rotatable bonds is 2. The molecule has 3 heterocycles. The topological polar surface area (TPSA) is 91.3 Å². The second-order valence-corrected chi connectivity index (χ2v) is 7.18. The van der Waals surface area contributed by atoms with Crippen molar-refractivity contribution in [2.75, 3.05) is 6.54 Å². The molecule has 1 fully saturated rings. The second-order valence-electron chi connectivity index (χ2n) is 7.18.